The first-order chi connectivity index (χ1) is 9.51. The Morgan fingerprint density at radius 3 is 2.45 bits per heavy atom. The van der Waals surface area contributed by atoms with Crippen molar-refractivity contribution in [1.82, 2.24) is 0 Å². The lowest BCUT2D eigenvalue weighted by Gasteiger charge is -2.11. The summed E-state index contributed by atoms with van der Waals surface area (Å²) in [4.78, 5) is 14.1. The number of benzene rings is 1. The standard InChI is InChI=1S/C16H17ClO2S/c1-4-13-5-6-15(20-13)14(18)9-19-16-10(2)7-12(17)8-11(16)3/h5-8H,4,9H2,1-3H3. The average Bonchev–Trinajstić information content (AvgIpc) is 2.86. The number of carbonyl (C=O) groups excluding carboxylic acids is 1. The summed E-state index contributed by atoms with van der Waals surface area (Å²) in [6.07, 6.45) is 0.953. The van der Waals surface area contributed by atoms with Gasteiger partial charge in [0.2, 0.25) is 5.78 Å². The molecule has 1 aromatic heterocycles. The largest absolute Gasteiger partial charge is 0.485 e. The minimum Gasteiger partial charge on any atom is -0.485 e. The van der Waals surface area contributed by atoms with Gasteiger partial charge in [-0.2, -0.15) is 0 Å². The van der Waals surface area contributed by atoms with Gasteiger partial charge in [-0.1, -0.05) is 18.5 Å². The number of carbonyl (C=O) groups is 1. The summed E-state index contributed by atoms with van der Waals surface area (Å²) >= 11 is 7.52. The Labute approximate surface area is 128 Å². The molecular weight excluding hydrogens is 292 g/mol. The van der Waals surface area contributed by atoms with Crippen molar-refractivity contribution in [3.05, 3.63) is 50.2 Å². The van der Waals surface area contributed by atoms with E-state index < -0.39 is 0 Å². The summed E-state index contributed by atoms with van der Waals surface area (Å²) in [5, 5.41) is 0.685. The van der Waals surface area contributed by atoms with Crippen LogP contribution in [-0.2, 0) is 6.42 Å². The van der Waals surface area contributed by atoms with E-state index in [0.29, 0.717) is 5.02 Å². The van der Waals surface area contributed by atoms with Crippen LogP contribution in [0, 0.1) is 13.8 Å². The minimum absolute atomic E-state index is 0.0171. The molecule has 0 atom stereocenters. The van der Waals surface area contributed by atoms with Gasteiger partial charge in [0.15, 0.2) is 6.61 Å². The van der Waals surface area contributed by atoms with Crippen LogP contribution in [0.2, 0.25) is 5.02 Å². The van der Waals surface area contributed by atoms with Gasteiger partial charge >= 0.3 is 0 Å². The number of ether oxygens (including phenoxy) is 1. The van der Waals surface area contributed by atoms with E-state index >= 15 is 0 Å². The molecule has 2 aromatic rings. The maximum absolute atomic E-state index is 12.1. The second-order valence-corrected chi connectivity index (χ2v) is 6.30. The van der Waals surface area contributed by atoms with Gasteiger partial charge in [0.25, 0.3) is 0 Å². The lowest BCUT2D eigenvalue weighted by molar-refractivity contribution is 0.0925. The van der Waals surface area contributed by atoms with Crippen LogP contribution in [0.25, 0.3) is 0 Å². The molecule has 0 aliphatic rings. The molecule has 0 aliphatic heterocycles. The van der Waals surface area contributed by atoms with Gasteiger partial charge in [-0.3, -0.25) is 4.79 Å². The fourth-order valence-electron chi connectivity index (χ4n) is 2.05. The molecule has 0 aliphatic carbocycles. The van der Waals surface area contributed by atoms with Crippen molar-refractivity contribution < 1.29 is 9.53 Å². The number of ketones is 1. The Balaban J connectivity index is 2.07. The Morgan fingerprint density at radius 2 is 1.90 bits per heavy atom. The molecule has 106 valence electrons. The fourth-order valence-corrected chi connectivity index (χ4v) is 3.25. The quantitative estimate of drug-likeness (QED) is 0.739. The van der Waals surface area contributed by atoms with Crippen LogP contribution in [0.3, 0.4) is 0 Å². The minimum atomic E-state index is 0.0171. The molecule has 1 heterocycles. The van der Waals surface area contributed by atoms with Crippen LogP contribution in [0.15, 0.2) is 24.3 Å². The van der Waals surface area contributed by atoms with E-state index in [9.17, 15) is 4.79 Å². The SMILES string of the molecule is CCc1ccc(C(=O)COc2c(C)cc(Cl)cc2C)s1. The maximum atomic E-state index is 12.1. The van der Waals surface area contributed by atoms with Crippen molar-refractivity contribution in [3.63, 3.8) is 0 Å². The number of hydrogen-bond donors (Lipinski definition) is 0. The summed E-state index contributed by atoms with van der Waals surface area (Å²) in [5.74, 6) is 0.762. The van der Waals surface area contributed by atoms with Gasteiger partial charge < -0.3 is 4.74 Å². The number of aryl methyl sites for hydroxylation is 3. The molecular formula is C16H17ClO2S. The third-order valence-electron chi connectivity index (χ3n) is 3.06. The highest BCUT2D eigenvalue weighted by molar-refractivity contribution is 7.14. The second-order valence-electron chi connectivity index (χ2n) is 4.70. The van der Waals surface area contributed by atoms with E-state index in [1.165, 1.54) is 16.2 Å². The highest BCUT2D eigenvalue weighted by Gasteiger charge is 2.12. The van der Waals surface area contributed by atoms with Crippen LogP contribution in [0.5, 0.6) is 5.75 Å². The number of Topliss-reactive ketones (excluding diaryl/α,β-unsaturated/α-hetero) is 1. The molecule has 0 unspecified atom stereocenters. The van der Waals surface area contributed by atoms with E-state index in [1.54, 1.807) is 0 Å². The number of hydrogen-bond acceptors (Lipinski definition) is 3. The molecule has 2 nitrogen and oxygen atoms in total. The molecule has 0 fully saturated rings. The molecule has 2 rings (SSSR count). The van der Waals surface area contributed by atoms with Crippen LogP contribution in [-0.4, -0.2) is 12.4 Å². The number of rotatable bonds is 5. The molecule has 0 spiro atoms. The lowest BCUT2D eigenvalue weighted by Crippen LogP contribution is -2.11. The predicted octanol–water partition coefficient (Wildman–Crippen LogP) is 4.84. The summed E-state index contributed by atoms with van der Waals surface area (Å²) in [7, 11) is 0. The van der Waals surface area contributed by atoms with Crippen LogP contribution in [0.1, 0.15) is 32.6 Å². The van der Waals surface area contributed by atoms with E-state index in [-0.39, 0.29) is 12.4 Å². The number of thiophene rings is 1. The lowest BCUT2D eigenvalue weighted by atomic mass is 10.1. The first-order valence-electron chi connectivity index (χ1n) is 6.52. The van der Waals surface area contributed by atoms with Crippen LogP contribution in [0.4, 0.5) is 0 Å². The molecule has 20 heavy (non-hydrogen) atoms. The molecule has 4 heteroatoms. The maximum Gasteiger partial charge on any atom is 0.210 e. The van der Waals surface area contributed by atoms with Gasteiger partial charge in [-0.25, -0.2) is 0 Å². The Morgan fingerprint density at radius 1 is 1.25 bits per heavy atom. The zero-order chi connectivity index (χ0) is 14.7. The van der Waals surface area contributed by atoms with Gasteiger partial charge in [-0.05, 0) is 55.7 Å². The summed E-state index contributed by atoms with van der Waals surface area (Å²) < 4.78 is 5.68. The first kappa shape index (κ1) is 15.1. The smallest absolute Gasteiger partial charge is 0.210 e. The summed E-state index contributed by atoms with van der Waals surface area (Å²) in [5.41, 5.74) is 1.89. The van der Waals surface area contributed by atoms with Gasteiger partial charge in [0.05, 0.1) is 4.88 Å². The number of halogens is 1. The van der Waals surface area contributed by atoms with Crippen molar-refractivity contribution in [2.45, 2.75) is 27.2 Å². The highest BCUT2D eigenvalue weighted by Crippen LogP contribution is 2.27. The molecule has 0 bridgehead atoms. The van der Waals surface area contributed by atoms with Crippen LogP contribution >= 0.6 is 22.9 Å². The van der Waals surface area contributed by atoms with Crippen molar-refractivity contribution in [2.24, 2.45) is 0 Å². The molecule has 0 amide bonds. The monoisotopic (exact) mass is 308 g/mol. The normalized spacial score (nSPS) is 10.6. The van der Waals surface area contributed by atoms with Crippen LogP contribution < -0.4 is 4.74 Å². The van der Waals surface area contributed by atoms with E-state index in [0.717, 1.165) is 28.2 Å². The van der Waals surface area contributed by atoms with Crippen molar-refractivity contribution in [3.8, 4) is 5.75 Å². The Bertz CT molecular complexity index is 608. The van der Waals surface area contributed by atoms with Crippen molar-refractivity contribution in [2.75, 3.05) is 6.61 Å². The highest BCUT2D eigenvalue weighted by atomic mass is 35.5. The van der Waals surface area contributed by atoms with E-state index in [4.69, 9.17) is 16.3 Å². The van der Waals surface area contributed by atoms with Crippen molar-refractivity contribution in [1.29, 1.82) is 0 Å². The third kappa shape index (κ3) is 3.41. The van der Waals surface area contributed by atoms with E-state index in [1.807, 2.05) is 38.1 Å². The molecule has 0 saturated heterocycles. The van der Waals surface area contributed by atoms with Gasteiger partial charge in [-0.15, -0.1) is 11.3 Å². The Hall–Kier alpha value is -1.32. The molecule has 0 radical (unpaired) electrons. The third-order valence-corrected chi connectivity index (χ3v) is 4.55. The molecule has 1 aromatic carbocycles. The first-order valence-corrected chi connectivity index (χ1v) is 7.72. The summed E-state index contributed by atoms with van der Waals surface area (Å²) in [6.45, 7) is 6.00. The van der Waals surface area contributed by atoms with Gasteiger partial charge in [0, 0.05) is 9.90 Å². The Kier molecular flexibility index (Phi) is 4.84. The predicted molar refractivity (Wildman–Crippen MR) is 84.4 cm³/mol. The molecule has 0 N–H and O–H groups in total. The average molecular weight is 309 g/mol. The van der Waals surface area contributed by atoms with Gasteiger partial charge in [0.1, 0.15) is 5.75 Å². The summed E-state index contributed by atoms with van der Waals surface area (Å²) in [6, 6.07) is 7.55. The van der Waals surface area contributed by atoms with E-state index in [2.05, 4.69) is 6.92 Å². The topological polar surface area (TPSA) is 26.3 Å². The fraction of sp³-hybridized carbons (Fsp3) is 0.312. The zero-order valence-electron chi connectivity index (χ0n) is 11.8. The zero-order valence-corrected chi connectivity index (χ0v) is 13.4. The van der Waals surface area contributed by atoms with Crippen molar-refractivity contribution >= 4 is 28.7 Å². The molecule has 0 saturated carbocycles. The second kappa shape index (κ2) is 6.42.